The van der Waals surface area contributed by atoms with E-state index < -0.39 is 11.9 Å². The number of benzene rings is 2. The van der Waals surface area contributed by atoms with Crippen molar-refractivity contribution in [2.75, 3.05) is 14.2 Å². The van der Waals surface area contributed by atoms with Crippen LogP contribution in [-0.2, 0) is 20.9 Å². The minimum atomic E-state index is -0.529. The third-order valence-electron chi connectivity index (χ3n) is 5.46. The number of hydrogen-bond donors (Lipinski definition) is 0. The highest BCUT2D eigenvalue weighted by Crippen LogP contribution is 2.42. The van der Waals surface area contributed by atoms with Gasteiger partial charge in [-0.15, -0.1) is 0 Å². The van der Waals surface area contributed by atoms with E-state index in [2.05, 4.69) is 0 Å². The Morgan fingerprint density at radius 1 is 1.12 bits per heavy atom. The Kier molecular flexibility index (Phi) is 7.18. The Morgan fingerprint density at radius 2 is 1.81 bits per heavy atom. The molecule has 0 saturated carbocycles. The summed E-state index contributed by atoms with van der Waals surface area (Å²) in [6.45, 7) is 5.53. The SMILES string of the molecule is COc1ccc([C@@H]2CC(=O)N(Cc3ccc(F)cc3)C(C)=C2C(=O)OC(C)C)c(OC)c1. The topological polar surface area (TPSA) is 65.1 Å². The lowest BCUT2D eigenvalue weighted by Gasteiger charge is -2.35. The molecule has 0 bridgehead atoms. The zero-order valence-corrected chi connectivity index (χ0v) is 19.0. The second-order valence-electron chi connectivity index (χ2n) is 7.92. The number of ether oxygens (including phenoxy) is 3. The number of esters is 1. The van der Waals surface area contributed by atoms with E-state index >= 15 is 0 Å². The summed E-state index contributed by atoms with van der Waals surface area (Å²) in [4.78, 5) is 27.9. The molecular formula is C25H28FNO5. The minimum Gasteiger partial charge on any atom is -0.497 e. The number of carbonyl (C=O) groups is 2. The van der Waals surface area contributed by atoms with E-state index in [1.54, 1.807) is 63.1 Å². The number of amides is 1. The molecule has 0 radical (unpaired) electrons. The van der Waals surface area contributed by atoms with Crippen molar-refractivity contribution < 1.29 is 28.2 Å². The lowest BCUT2D eigenvalue weighted by molar-refractivity contribution is -0.143. The molecule has 0 N–H and O–H groups in total. The van der Waals surface area contributed by atoms with Crippen molar-refractivity contribution in [3.05, 3.63) is 70.7 Å². The first kappa shape index (κ1) is 23.3. The zero-order valence-electron chi connectivity index (χ0n) is 19.0. The van der Waals surface area contributed by atoms with Crippen LogP contribution in [0.25, 0.3) is 0 Å². The Morgan fingerprint density at radius 3 is 2.41 bits per heavy atom. The zero-order chi connectivity index (χ0) is 23.4. The fraction of sp³-hybridized carbons (Fsp3) is 0.360. The predicted molar refractivity (Wildman–Crippen MR) is 118 cm³/mol. The average molecular weight is 441 g/mol. The van der Waals surface area contributed by atoms with Gasteiger partial charge in [0.25, 0.3) is 0 Å². The standard InChI is InChI=1S/C25H28FNO5/c1-15(2)32-25(29)24-16(3)27(14-17-6-8-18(26)9-7-17)23(28)13-21(24)20-11-10-19(30-4)12-22(20)31-5/h6-12,15,21H,13-14H2,1-5H3/t21-/m0/s1. The van der Waals surface area contributed by atoms with Gasteiger partial charge in [-0.05, 0) is 44.5 Å². The van der Waals surface area contributed by atoms with E-state index in [9.17, 15) is 14.0 Å². The van der Waals surface area contributed by atoms with Crippen LogP contribution >= 0.6 is 0 Å². The van der Waals surface area contributed by atoms with Gasteiger partial charge in [0, 0.05) is 29.7 Å². The van der Waals surface area contributed by atoms with Crippen LogP contribution < -0.4 is 9.47 Å². The van der Waals surface area contributed by atoms with Crippen LogP contribution in [-0.4, -0.2) is 37.1 Å². The van der Waals surface area contributed by atoms with Crippen molar-refractivity contribution in [2.24, 2.45) is 0 Å². The van der Waals surface area contributed by atoms with Gasteiger partial charge in [0.05, 0.1) is 32.4 Å². The van der Waals surface area contributed by atoms with E-state index in [1.807, 2.05) is 0 Å². The summed E-state index contributed by atoms with van der Waals surface area (Å²) in [6.07, 6.45) is -0.242. The number of halogens is 1. The molecule has 6 nitrogen and oxygen atoms in total. The van der Waals surface area contributed by atoms with E-state index in [4.69, 9.17) is 14.2 Å². The summed E-state index contributed by atoms with van der Waals surface area (Å²) < 4.78 is 29.6. The van der Waals surface area contributed by atoms with Crippen LogP contribution in [0.5, 0.6) is 11.5 Å². The lowest BCUT2D eigenvalue weighted by atomic mass is 9.83. The molecule has 1 heterocycles. The Balaban J connectivity index is 2.08. The number of allylic oxidation sites excluding steroid dienone is 1. The van der Waals surface area contributed by atoms with Gasteiger partial charge >= 0.3 is 5.97 Å². The number of rotatable bonds is 7. The molecule has 0 fully saturated rings. The summed E-state index contributed by atoms with van der Waals surface area (Å²) in [5.41, 5.74) is 2.39. The molecule has 32 heavy (non-hydrogen) atoms. The number of hydrogen-bond acceptors (Lipinski definition) is 5. The van der Waals surface area contributed by atoms with Crippen LogP contribution in [0.4, 0.5) is 4.39 Å². The van der Waals surface area contributed by atoms with Crippen LogP contribution in [0.3, 0.4) is 0 Å². The first-order valence-electron chi connectivity index (χ1n) is 10.4. The third kappa shape index (κ3) is 4.93. The summed E-state index contributed by atoms with van der Waals surface area (Å²) in [6, 6.07) is 11.3. The molecule has 0 unspecified atom stereocenters. The van der Waals surface area contributed by atoms with Gasteiger partial charge in [-0.3, -0.25) is 4.79 Å². The molecule has 1 amide bonds. The highest BCUT2D eigenvalue weighted by molar-refractivity contribution is 5.96. The van der Waals surface area contributed by atoms with Crippen molar-refractivity contribution in [3.63, 3.8) is 0 Å². The van der Waals surface area contributed by atoms with Gasteiger partial charge < -0.3 is 19.1 Å². The van der Waals surface area contributed by atoms with Gasteiger partial charge in [0.15, 0.2) is 0 Å². The molecule has 2 aromatic rings. The molecule has 0 saturated heterocycles. The summed E-state index contributed by atoms with van der Waals surface area (Å²) >= 11 is 0. The van der Waals surface area contributed by atoms with Gasteiger partial charge in [-0.25, -0.2) is 9.18 Å². The van der Waals surface area contributed by atoms with Gasteiger partial charge in [0.2, 0.25) is 5.91 Å². The molecule has 2 aromatic carbocycles. The van der Waals surface area contributed by atoms with Gasteiger partial charge in [-0.1, -0.05) is 18.2 Å². The average Bonchev–Trinajstić information content (AvgIpc) is 2.76. The highest BCUT2D eigenvalue weighted by Gasteiger charge is 2.38. The van der Waals surface area contributed by atoms with Crippen molar-refractivity contribution in [1.82, 2.24) is 4.90 Å². The third-order valence-corrected chi connectivity index (χ3v) is 5.46. The van der Waals surface area contributed by atoms with E-state index in [-0.39, 0.29) is 30.8 Å². The molecule has 1 atom stereocenters. The molecule has 7 heteroatoms. The van der Waals surface area contributed by atoms with Gasteiger partial charge in [0.1, 0.15) is 17.3 Å². The highest BCUT2D eigenvalue weighted by atomic mass is 19.1. The number of carbonyl (C=O) groups excluding carboxylic acids is 2. The summed E-state index contributed by atoms with van der Waals surface area (Å²) in [5.74, 6) is -0.361. The van der Waals surface area contributed by atoms with Crippen LogP contribution in [0.1, 0.15) is 44.2 Å². The second kappa shape index (κ2) is 9.85. The molecular weight excluding hydrogens is 413 g/mol. The van der Waals surface area contributed by atoms with Crippen LogP contribution in [0, 0.1) is 5.82 Å². The van der Waals surface area contributed by atoms with E-state index in [0.717, 1.165) is 5.56 Å². The van der Waals surface area contributed by atoms with Crippen molar-refractivity contribution in [1.29, 1.82) is 0 Å². The van der Waals surface area contributed by atoms with Crippen molar-refractivity contribution in [2.45, 2.75) is 45.8 Å². The maximum absolute atomic E-state index is 13.3. The largest absolute Gasteiger partial charge is 0.497 e. The predicted octanol–water partition coefficient (Wildman–Crippen LogP) is 4.58. The number of methoxy groups -OCH3 is 2. The quantitative estimate of drug-likeness (QED) is 0.589. The molecule has 0 aromatic heterocycles. The van der Waals surface area contributed by atoms with E-state index in [1.165, 1.54) is 19.2 Å². The molecule has 170 valence electrons. The molecule has 1 aliphatic heterocycles. The fourth-order valence-electron chi connectivity index (χ4n) is 3.89. The monoisotopic (exact) mass is 441 g/mol. The lowest BCUT2D eigenvalue weighted by Crippen LogP contribution is -2.38. The maximum atomic E-state index is 13.3. The van der Waals surface area contributed by atoms with Gasteiger partial charge in [-0.2, -0.15) is 0 Å². The summed E-state index contributed by atoms with van der Waals surface area (Å²) in [7, 11) is 3.09. The number of nitrogens with zero attached hydrogens (tertiary/aromatic N) is 1. The fourth-order valence-corrected chi connectivity index (χ4v) is 3.89. The molecule has 0 aliphatic carbocycles. The smallest absolute Gasteiger partial charge is 0.336 e. The maximum Gasteiger partial charge on any atom is 0.336 e. The normalized spacial score (nSPS) is 16.4. The van der Waals surface area contributed by atoms with E-state index in [0.29, 0.717) is 28.3 Å². The van der Waals surface area contributed by atoms with Crippen molar-refractivity contribution >= 4 is 11.9 Å². The Hall–Kier alpha value is -3.35. The van der Waals surface area contributed by atoms with Crippen LogP contribution in [0.15, 0.2) is 53.7 Å². The summed E-state index contributed by atoms with van der Waals surface area (Å²) in [5, 5.41) is 0. The Bertz CT molecular complexity index is 1030. The molecule has 3 rings (SSSR count). The first-order chi connectivity index (χ1) is 15.2. The van der Waals surface area contributed by atoms with Crippen LogP contribution in [0.2, 0.25) is 0 Å². The molecule has 0 spiro atoms. The minimum absolute atomic E-state index is 0.0732. The first-order valence-corrected chi connectivity index (χ1v) is 10.4. The van der Waals surface area contributed by atoms with Crippen molar-refractivity contribution in [3.8, 4) is 11.5 Å². The Labute approximate surface area is 187 Å². The molecule has 1 aliphatic rings. The second-order valence-corrected chi connectivity index (χ2v) is 7.92.